The molecule has 3 heteroatoms. The van der Waals surface area contributed by atoms with Crippen LogP contribution in [0.25, 0.3) is 10.8 Å². The molecule has 0 spiro atoms. The van der Waals surface area contributed by atoms with Crippen molar-refractivity contribution in [3.63, 3.8) is 0 Å². The normalized spacial score (nSPS) is 10.8. The number of ether oxygens (including phenoxy) is 1. The van der Waals surface area contributed by atoms with E-state index in [4.69, 9.17) is 4.74 Å². The fourth-order valence-corrected chi connectivity index (χ4v) is 2.58. The number of aromatic hydroxyl groups is 1. The minimum atomic E-state index is 0.340. The van der Waals surface area contributed by atoms with Gasteiger partial charge in [0.25, 0.3) is 0 Å². The van der Waals surface area contributed by atoms with Crippen LogP contribution in [0.15, 0.2) is 41.3 Å². The molecule has 2 aromatic rings. The first-order chi connectivity index (χ1) is 7.83. The summed E-state index contributed by atoms with van der Waals surface area (Å²) in [4.78, 5) is 1.19. The molecule has 0 aliphatic carbocycles. The molecule has 2 aromatic carbocycles. The Morgan fingerprint density at radius 2 is 1.88 bits per heavy atom. The van der Waals surface area contributed by atoms with Gasteiger partial charge in [0.05, 0.1) is 6.61 Å². The molecule has 0 atom stereocenters. The Bertz CT molecular complexity index is 482. The number of methoxy groups -OCH3 is 1. The van der Waals surface area contributed by atoms with Gasteiger partial charge in [-0.05, 0) is 17.5 Å². The molecule has 0 aliphatic rings. The molecular weight excluding hydrogens is 220 g/mol. The monoisotopic (exact) mass is 234 g/mol. The van der Waals surface area contributed by atoms with Crippen molar-refractivity contribution >= 4 is 22.5 Å². The number of phenols is 1. The summed E-state index contributed by atoms with van der Waals surface area (Å²) in [6, 6.07) is 11.6. The molecule has 1 N–H and O–H groups in total. The van der Waals surface area contributed by atoms with E-state index < -0.39 is 0 Å². The summed E-state index contributed by atoms with van der Waals surface area (Å²) in [5, 5.41) is 11.7. The van der Waals surface area contributed by atoms with E-state index in [2.05, 4.69) is 0 Å². The number of hydrogen-bond donors (Lipinski definition) is 1. The van der Waals surface area contributed by atoms with E-state index in [0.29, 0.717) is 5.75 Å². The van der Waals surface area contributed by atoms with Gasteiger partial charge in [0, 0.05) is 23.1 Å². The topological polar surface area (TPSA) is 29.5 Å². The van der Waals surface area contributed by atoms with Crippen LogP contribution >= 0.6 is 11.8 Å². The average molecular weight is 234 g/mol. The lowest BCUT2D eigenvalue weighted by Crippen LogP contribution is -1.91. The number of fused-ring (bicyclic) bond motifs is 1. The van der Waals surface area contributed by atoms with Crippen molar-refractivity contribution in [1.29, 1.82) is 0 Å². The minimum Gasteiger partial charge on any atom is -0.507 e. The Labute approximate surface area is 99.2 Å². The molecule has 0 amide bonds. The molecule has 84 valence electrons. The predicted octanol–water partition coefficient (Wildman–Crippen LogP) is 3.28. The van der Waals surface area contributed by atoms with E-state index in [1.54, 1.807) is 24.9 Å². The summed E-state index contributed by atoms with van der Waals surface area (Å²) in [7, 11) is 1.70. The molecule has 0 saturated carbocycles. The Hall–Kier alpha value is -1.19. The van der Waals surface area contributed by atoms with Crippen molar-refractivity contribution in [1.82, 2.24) is 0 Å². The van der Waals surface area contributed by atoms with Crippen LogP contribution < -0.4 is 0 Å². The van der Waals surface area contributed by atoms with E-state index in [9.17, 15) is 5.11 Å². The van der Waals surface area contributed by atoms with Crippen LogP contribution in [0.2, 0.25) is 0 Å². The maximum atomic E-state index is 9.73. The highest BCUT2D eigenvalue weighted by molar-refractivity contribution is 7.99. The predicted molar refractivity (Wildman–Crippen MR) is 68.2 cm³/mol. The molecule has 0 aromatic heterocycles. The molecule has 2 nitrogen and oxygen atoms in total. The van der Waals surface area contributed by atoms with Crippen LogP contribution in [0.1, 0.15) is 0 Å². The van der Waals surface area contributed by atoms with Gasteiger partial charge < -0.3 is 9.84 Å². The molecule has 0 saturated heterocycles. The molecule has 0 bridgehead atoms. The largest absolute Gasteiger partial charge is 0.507 e. The first-order valence-electron chi connectivity index (χ1n) is 5.15. The lowest BCUT2D eigenvalue weighted by Gasteiger charge is -2.07. The van der Waals surface area contributed by atoms with E-state index in [0.717, 1.165) is 23.1 Å². The van der Waals surface area contributed by atoms with Gasteiger partial charge in [0.2, 0.25) is 0 Å². The Kier molecular flexibility index (Phi) is 3.70. The SMILES string of the molecule is COCCSc1ccc(O)c2ccccc12. The summed E-state index contributed by atoms with van der Waals surface area (Å²) < 4.78 is 5.03. The van der Waals surface area contributed by atoms with Gasteiger partial charge in [0.15, 0.2) is 0 Å². The van der Waals surface area contributed by atoms with Gasteiger partial charge >= 0.3 is 0 Å². The summed E-state index contributed by atoms with van der Waals surface area (Å²) in [5.41, 5.74) is 0. The fourth-order valence-electron chi connectivity index (χ4n) is 1.62. The van der Waals surface area contributed by atoms with Gasteiger partial charge in [-0.1, -0.05) is 24.3 Å². The number of hydrogen-bond acceptors (Lipinski definition) is 3. The molecule has 2 rings (SSSR count). The number of rotatable bonds is 4. The second-order valence-corrected chi connectivity index (χ2v) is 4.61. The lowest BCUT2D eigenvalue weighted by atomic mass is 10.1. The zero-order chi connectivity index (χ0) is 11.4. The van der Waals surface area contributed by atoms with Gasteiger partial charge in [-0.3, -0.25) is 0 Å². The van der Waals surface area contributed by atoms with Crippen LogP contribution in [-0.2, 0) is 4.74 Å². The standard InChI is InChI=1S/C13H14O2S/c1-15-8-9-16-13-7-6-12(14)10-4-2-3-5-11(10)13/h2-7,14H,8-9H2,1H3. The third-order valence-corrected chi connectivity index (χ3v) is 3.44. The number of thioether (sulfide) groups is 1. The van der Waals surface area contributed by atoms with Crippen molar-refractivity contribution in [2.24, 2.45) is 0 Å². The quantitative estimate of drug-likeness (QED) is 0.650. The van der Waals surface area contributed by atoms with Crippen molar-refractivity contribution in [2.45, 2.75) is 4.90 Å². The van der Waals surface area contributed by atoms with Crippen LogP contribution in [0.3, 0.4) is 0 Å². The minimum absolute atomic E-state index is 0.340. The van der Waals surface area contributed by atoms with Gasteiger partial charge in [-0.15, -0.1) is 11.8 Å². The van der Waals surface area contributed by atoms with Gasteiger partial charge in [-0.2, -0.15) is 0 Å². The van der Waals surface area contributed by atoms with Crippen LogP contribution in [0.5, 0.6) is 5.75 Å². The number of benzene rings is 2. The molecule has 0 fully saturated rings. The van der Waals surface area contributed by atoms with Crippen LogP contribution in [-0.4, -0.2) is 24.6 Å². The van der Waals surface area contributed by atoms with Crippen molar-refractivity contribution in [2.75, 3.05) is 19.5 Å². The smallest absolute Gasteiger partial charge is 0.123 e. The molecule has 0 unspecified atom stereocenters. The second-order valence-electron chi connectivity index (χ2n) is 3.47. The third-order valence-electron chi connectivity index (χ3n) is 2.41. The average Bonchev–Trinajstić information content (AvgIpc) is 2.33. The zero-order valence-electron chi connectivity index (χ0n) is 9.14. The second kappa shape index (κ2) is 5.23. The zero-order valence-corrected chi connectivity index (χ0v) is 9.96. The van der Waals surface area contributed by atoms with Crippen molar-refractivity contribution < 1.29 is 9.84 Å². The maximum Gasteiger partial charge on any atom is 0.123 e. The Morgan fingerprint density at radius 3 is 2.62 bits per heavy atom. The summed E-state index contributed by atoms with van der Waals surface area (Å²) >= 11 is 1.75. The lowest BCUT2D eigenvalue weighted by molar-refractivity contribution is 0.218. The first kappa shape index (κ1) is 11.3. The number of phenolic OH excluding ortho intramolecular Hbond substituents is 1. The highest BCUT2D eigenvalue weighted by Gasteiger charge is 2.04. The van der Waals surface area contributed by atoms with Crippen LogP contribution in [0.4, 0.5) is 0 Å². The molecular formula is C13H14O2S. The highest BCUT2D eigenvalue weighted by Crippen LogP contribution is 2.32. The van der Waals surface area contributed by atoms with Crippen molar-refractivity contribution in [3.05, 3.63) is 36.4 Å². The summed E-state index contributed by atoms with van der Waals surface area (Å²) in [6.45, 7) is 0.736. The van der Waals surface area contributed by atoms with Gasteiger partial charge in [0.1, 0.15) is 5.75 Å². The van der Waals surface area contributed by atoms with Gasteiger partial charge in [-0.25, -0.2) is 0 Å². The van der Waals surface area contributed by atoms with Crippen molar-refractivity contribution in [3.8, 4) is 5.75 Å². The fraction of sp³-hybridized carbons (Fsp3) is 0.231. The van der Waals surface area contributed by atoms with E-state index in [1.807, 2.05) is 30.3 Å². The molecule has 0 aliphatic heterocycles. The molecule has 0 radical (unpaired) electrons. The highest BCUT2D eigenvalue weighted by atomic mass is 32.2. The van der Waals surface area contributed by atoms with E-state index in [-0.39, 0.29) is 0 Å². The summed E-state index contributed by atoms with van der Waals surface area (Å²) in [6.07, 6.45) is 0. The van der Waals surface area contributed by atoms with Crippen LogP contribution in [0, 0.1) is 0 Å². The summed E-state index contributed by atoms with van der Waals surface area (Å²) in [5.74, 6) is 1.26. The molecule has 0 heterocycles. The van der Waals surface area contributed by atoms with E-state index >= 15 is 0 Å². The van der Waals surface area contributed by atoms with E-state index in [1.165, 1.54) is 4.90 Å². The Morgan fingerprint density at radius 1 is 1.12 bits per heavy atom. The maximum absolute atomic E-state index is 9.73. The molecule has 16 heavy (non-hydrogen) atoms. The Balaban J connectivity index is 2.35. The first-order valence-corrected chi connectivity index (χ1v) is 6.14. The third kappa shape index (κ3) is 2.31.